The quantitative estimate of drug-likeness (QED) is 0.887. The van der Waals surface area contributed by atoms with Crippen LogP contribution in [0.4, 0.5) is 0 Å². The highest BCUT2D eigenvalue weighted by molar-refractivity contribution is 5.93. The molecule has 2 rings (SSSR count). The van der Waals surface area contributed by atoms with Crippen molar-refractivity contribution in [3.05, 3.63) is 17.8 Å². The Morgan fingerprint density at radius 1 is 1.56 bits per heavy atom. The van der Waals surface area contributed by atoms with Crippen LogP contribution in [0.1, 0.15) is 42.4 Å². The molecule has 1 fully saturated rings. The smallest absolute Gasteiger partial charge is 0.276 e. The standard InChI is InChI=1S/C13H20N2O3/c1-3-13(8-16)4-6-15(7-5-13)12(17)11-10(2)18-9-14-11/h9,16H,3-8H2,1-2H3. The number of hydrogen-bond donors (Lipinski definition) is 1. The van der Waals surface area contributed by atoms with E-state index in [1.54, 1.807) is 11.8 Å². The molecule has 1 aromatic rings. The van der Waals surface area contributed by atoms with Gasteiger partial charge in [-0.05, 0) is 31.6 Å². The normalized spacial score (nSPS) is 18.9. The van der Waals surface area contributed by atoms with Crippen LogP contribution in [-0.4, -0.2) is 40.6 Å². The van der Waals surface area contributed by atoms with Crippen LogP contribution in [0.3, 0.4) is 0 Å². The van der Waals surface area contributed by atoms with Gasteiger partial charge in [0, 0.05) is 19.7 Å². The summed E-state index contributed by atoms with van der Waals surface area (Å²) < 4.78 is 5.06. The van der Waals surface area contributed by atoms with Gasteiger partial charge in [0.2, 0.25) is 0 Å². The highest BCUT2D eigenvalue weighted by Gasteiger charge is 2.34. The Morgan fingerprint density at radius 2 is 2.22 bits per heavy atom. The SMILES string of the molecule is CCC1(CO)CCN(C(=O)c2ncoc2C)CC1. The molecule has 0 aliphatic carbocycles. The van der Waals surface area contributed by atoms with Crippen LogP contribution in [0.25, 0.3) is 0 Å². The summed E-state index contributed by atoms with van der Waals surface area (Å²) in [4.78, 5) is 18.0. The Labute approximate surface area is 107 Å². The molecular weight excluding hydrogens is 232 g/mol. The Hall–Kier alpha value is -1.36. The summed E-state index contributed by atoms with van der Waals surface area (Å²) in [5.41, 5.74) is 0.401. The number of nitrogens with zero attached hydrogens (tertiary/aromatic N) is 2. The van der Waals surface area contributed by atoms with E-state index in [0.717, 1.165) is 19.3 Å². The summed E-state index contributed by atoms with van der Waals surface area (Å²) in [5.74, 6) is 0.498. The second-order valence-electron chi connectivity index (χ2n) is 5.06. The molecule has 0 aromatic carbocycles. The first-order chi connectivity index (χ1) is 8.62. The molecule has 1 aliphatic rings. The minimum atomic E-state index is -0.0658. The van der Waals surface area contributed by atoms with Crippen molar-refractivity contribution < 1.29 is 14.3 Å². The van der Waals surface area contributed by atoms with E-state index in [0.29, 0.717) is 24.5 Å². The lowest BCUT2D eigenvalue weighted by molar-refractivity contribution is 0.0334. The highest BCUT2D eigenvalue weighted by atomic mass is 16.3. The molecule has 1 amide bonds. The second kappa shape index (κ2) is 5.10. The number of piperidine rings is 1. The molecule has 0 bridgehead atoms. The third-order valence-electron chi connectivity index (χ3n) is 4.14. The van der Waals surface area contributed by atoms with Crippen molar-refractivity contribution in [2.45, 2.75) is 33.1 Å². The fraction of sp³-hybridized carbons (Fsp3) is 0.692. The van der Waals surface area contributed by atoms with E-state index in [1.165, 1.54) is 6.39 Å². The molecule has 5 nitrogen and oxygen atoms in total. The molecule has 1 aromatic heterocycles. The number of aliphatic hydroxyl groups is 1. The summed E-state index contributed by atoms with van der Waals surface area (Å²) in [6.07, 6.45) is 3.95. The van der Waals surface area contributed by atoms with Crippen molar-refractivity contribution in [2.75, 3.05) is 19.7 Å². The lowest BCUT2D eigenvalue weighted by Gasteiger charge is -2.40. The van der Waals surface area contributed by atoms with E-state index in [4.69, 9.17) is 4.42 Å². The molecule has 18 heavy (non-hydrogen) atoms. The average Bonchev–Trinajstić information content (AvgIpc) is 2.84. The van der Waals surface area contributed by atoms with Gasteiger partial charge in [0.1, 0.15) is 5.76 Å². The minimum absolute atomic E-state index is 0.00432. The molecule has 5 heteroatoms. The van der Waals surface area contributed by atoms with Gasteiger partial charge in [-0.2, -0.15) is 0 Å². The minimum Gasteiger partial charge on any atom is -0.448 e. The van der Waals surface area contributed by atoms with Crippen LogP contribution >= 0.6 is 0 Å². The van der Waals surface area contributed by atoms with Crippen molar-refractivity contribution in [1.29, 1.82) is 0 Å². The van der Waals surface area contributed by atoms with Gasteiger partial charge in [0.05, 0.1) is 0 Å². The van der Waals surface area contributed by atoms with Crippen molar-refractivity contribution in [2.24, 2.45) is 5.41 Å². The van der Waals surface area contributed by atoms with Gasteiger partial charge < -0.3 is 14.4 Å². The largest absolute Gasteiger partial charge is 0.448 e. The van der Waals surface area contributed by atoms with E-state index in [9.17, 15) is 9.90 Å². The first-order valence-corrected chi connectivity index (χ1v) is 6.42. The zero-order valence-corrected chi connectivity index (χ0v) is 11.0. The average molecular weight is 252 g/mol. The number of aromatic nitrogens is 1. The summed E-state index contributed by atoms with van der Waals surface area (Å²) in [7, 11) is 0. The second-order valence-corrected chi connectivity index (χ2v) is 5.06. The van der Waals surface area contributed by atoms with Crippen LogP contribution in [-0.2, 0) is 0 Å². The third kappa shape index (κ3) is 2.27. The Bertz CT molecular complexity index is 414. The van der Waals surface area contributed by atoms with Crippen molar-refractivity contribution in [3.63, 3.8) is 0 Å². The first-order valence-electron chi connectivity index (χ1n) is 6.42. The monoisotopic (exact) mass is 252 g/mol. The van der Waals surface area contributed by atoms with Crippen LogP contribution in [0, 0.1) is 12.3 Å². The summed E-state index contributed by atoms with van der Waals surface area (Å²) in [6, 6.07) is 0. The molecule has 1 N–H and O–H groups in total. The molecule has 100 valence electrons. The van der Waals surface area contributed by atoms with Gasteiger partial charge in [-0.25, -0.2) is 4.98 Å². The number of aryl methyl sites for hydroxylation is 1. The number of aliphatic hydroxyl groups excluding tert-OH is 1. The molecule has 0 saturated carbocycles. The van der Waals surface area contributed by atoms with Crippen molar-refractivity contribution in [1.82, 2.24) is 9.88 Å². The number of carbonyl (C=O) groups is 1. The van der Waals surface area contributed by atoms with E-state index in [1.807, 2.05) is 0 Å². The summed E-state index contributed by atoms with van der Waals surface area (Å²) in [5, 5.41) is 9.46. The van der Waals surface area contributed by atoms with Crippen LogP contribution < -0.4 is 0 Å². The maximum atomic E-state index is 12.2. The molecule has 0 unspecified atom stereocenters. The molecule has 2 heterocycles. The molecule has 0 radical (unpaired) electrons. The van der Waals surface area contributed by atoms with Gasteiger partial charge in [0.25, 0.3) is 5.91 Å². The van der Waals surface area contributed by atoms with E-state index < -0.39 is 0 Å². The molecule has 1 aliphatic heterocycles. The van der Waals surface area contributed by atoms with Crippen LogP contribution in [0.2, 0.25) is 0 Å². The number of amides is 1. The number of oxazole rings is 1. The van der Waals surface area contributed by atoms with E-state index in [2.05, 4.69) is 11.9 Å². The molecular formula is C13H20N2O3. The van der Waals surface area contributed by atoms with E-state index >= 15 is 0 Å². The number of hydrogen-bond acceptors (Lipinski definition) is 4. The fourth-order valence-corrected chi connectivity index (χ4v) is 2.47. The number of likely N-dealkylation sites (tertiary alicyclic amines) is 1. The number of rotatable bonds is 3. The van der Waals surface area contributed by atoms with Gasteiger partial charge in [0.15, 0.2) is 12.1 Å². The van der Waals surface area contributed by atoms with Gasteiger partial charge in [-0.1, -0.05) is 6.92 Å². The zero-order valence-electron chi connectivity index (χ0n) is 11.0. The lowest BCUT2D eigenvalue weighted by atomic mass is 9.77. The highest BCUT2D eigenvalue weighted by Crippen LogP contribution is 2.34. The van der Waals surface area contributed by atoms with Crippen molar-refractivity contribution >= 4 is 5.91 Å². The van der Waals surface area contributed by atoms with Crippen molar-refractivity contribution in [3.8, 4) is 0 Å². The Balaban J connectivity index is 2.02. The lowest BCUT2D eigenvalue weighted by Crippen LogP contribution is -2.44. The number of carbonyl (C=O) groups excluding carboxylic acids is 1. The third-order valence-corrected chi connectivity index (χ3v) is 4.14. The predicted molar refractivity (Wildman–Crippen MR) is 66.2 cm³/mol. The molecule has 0 atom stereocenters. The Morgan fingerprint density at radius 3 is 2.67 bits per heavy atom. The summed E-state index contributed by atoms with van der Waals surface area (Å²) >= 11 is 0. The maximum absolute atomic E-state index is 12.2. The first kappa shape index (κ1) is 13.1. The van der Waals surface area contributed by atoms with Gasteiger partial charge in [-0.15, -0.1) is 0 Å². The van der Waals surface area contributed by atoms with Gasteiger partial charge >= 0.3 is 0 Å². The Kier molecular flexibility index (Phi) is 3.71. The van der Waals surface area contributed by atoms with Crippen LogP contribution in [0.15, 0.2) is 10.8 Å². The summed E-state index contributed by atoms with van der Waals surface area (Å²) in [6.45, 7) is 5.40. The fourth-order valence-electron chi connectivity index (χ4n) is 2.47. The van der Waals surface area contributed by atoms with Gasteiger partial charge in [-0.3, -0.25) is 4.79 Å². The molecule has 0 spiro atoms. The van der Waals surface area contributed by atoms with E-state index in [-0.39, 0.29) is 17.9 Å². The van der Waals surface area contributed by atoms with Crippen LogP contribution in [0.5, 0.6) is 0 Å². The molecule has 1 saturated heterocycles. The maximum Gasteiger partial charge on any atom is 0.276 e. The predicted octanol–water partition coefficient (Wildman–Crippen LogP) is 1.61. The zero-order chi connectivity index (χ0) is 13.2. The topological polar surface area (TPSA) is 66.6 Å².